The Morgan fingerprint density at radius 2 is 1.75 bits per heavy atom. The Morgan fingerprint density at radius 1 is 1.00 bits per heavy atom. The van der Waals surface area contributed by atoms with E-state index in [1.165, 1.54) is 11.8 Å². The van der Waals surface area contributed by atoms with Crippen LogP contribution in [0.2, 0.25) is 0 Å². The number of amides is 1. The number of benzene rings is 2. The highest BCUT2D eigenvalue weighted by Gasteiger charge is 2.34. The van der Waals surface area contributed by atoms with Crippen LogP contribution in [0.5, 0.6) is 0 Å². The zero-order valence-corrected chi connectivity index (χ0v) is 13.1. The number of rotatable bonds is 1. The molecule has 1 aromatic heterocycles. The van der Waals surface area contributed by atoms with Crippen molar-refractivity contribution in [3.63, 3.8) is 0 Å². The van der Waals surface area contributed by atoms with Crippen molar-refractivity contribution in [2.24, 2.45) is 0 Å². The van der Waals surface area contributed by atoms with Crippen LogP contribution < -0.4 is 4.90 Å². The van der Waals surface area contributed by atoms with Gasteiger partial charge >= 0.3 is 0 Å². The molecule has 0 spiro atoms. The average Bonchev–Trinajstić information content (AvgIpc) is 2.87. The molecule has 2 heterocycles. The maximum Gasteiger partial charge on any atom is 0.228 e. The summed E-state index contributed by atoms with van der Waals surface area (Å²) in [4.78, 5) is 30.8. The molecule has 0 atom stereocenters. The van der Waals surface area contributed by atoms with Gasteiger partial charge in [0.2, 0.25) is 11.7 Å². The van der Waals surface area contributed by atoms with Crippen molar-refractivity contribution in [2.45, 2.75) is 6.92 Å². The monoisotopic (exact) mass is 314 g/mol. The van der Waals surface area contributed by atoms with Gasteiger partial charge in [-0.3, -0.25) is 14.5 Å². The zero-order valence-electron chi connectivity index (χ0n) is 13.1. The molecule has 4 heteroatoms. The Labute approximate surface area is 139 Å². The van der Waals surface area contributed by atoms with Crippen LogP contribution in [0.3, 0.4) is 0 Å². The lowest BCUT2D eigenvalue weighted by Gasteiger charge is -2.15. The lowest BCUT2D eigenvalue weighted by molar-refractivity contribution is -0.116. The molecule has 0 saturated heterocycles. The molecule has 4 nitrogen and oxygen atoms in total. The maximum atomic E-state index is 12.7. The Hall–Kier alpha value is -3.27. The van der Waals surface area contributed by atoms with Gasteiger partial charge in [0.05, 0.1) is 22.6 Å². The van der Waals surface area contributed by atoms with Gasteiger partial charge in [-0.25, -0.2) is 4.98 Å². The maximum absolute atomic E-state index is 12.7. The number of aromatic nitrogens is 1. The third-order valence-corrected chi connectivity index (χ3v) is 4.08. The van der Waals surface area contributed by atoms with E-state index in [4.69, 9.17) is 0 Å². The van der Waals surface area contributed by atoms with Gasteiger partial charge < -0.3 is 0 Å². The smallest absolute Gasteiger partial charge is 0.228 e. The zero-order chi connectivity index (χ0) is 16.7. The van der Waals surface area contributed by atoms with Crippen LogP contribution in [0.1, 0.15) is 23.0 Å². The van der Waals surface area contributed by atoms with E-state index in [1.54, 1.807) is 24.3 Å². The highest BCUT2D eigenvalue weighted by Crippen LogP contribution is 2.35. The second-order valence-electron chi connectivity index (χ2n) is 5.66. The SMILES string of the molecule is CC(=O)N1/C(=C\c2ccc3ccccc3n2)C(=O)c2ccccc21. The van der Waals surface area contributed by atoms with Gasteiger partial charge in [-0.2, -0.15) is 0 Å². The van der Waals surface area contributed by atoms with Gasteiger partial charge in [0, 0.05) is 17.9 Å². The highest BCUT2D eigenvalue weighted by atomic mass is 16.2. The topological polar surface area (TPSA) is 50.3 Å². The van der Waals surface area contributed by atoms with E-state index >= 15 is 0 Å². The molecular weight excluding hydrogens is 300 g/mol. The minimum atomic E-state index is -0.194. The van der Waals surface area contributed by atoms with Crippen molar-refractivity contribution in [1.29, 1.82) is 0 Å². The van der Waals surface area contributed by atoms with E-state index in [-0.39, 0.29) is 11.7 Å². The number of pyridine rings is 1. The molecule has 4 rings (SSSR count). The highest BCUT2D eigenvalue weighted by molar-refractivity contribution is 6.26. The molecule has 0 saturated carbocycles. The summed E-state index contributed by atoms with van der Waals surface area (Å²) in [5, 5.41) is 1.03. The molecule has 0 fully saturated rings. The number of para-hydroxylation sites is 2. The van der Waals surface area contributed by atoms with E-state index in [9.17, 15) is 9.59 Å². The number of anilines is 1. The van der Waals surface area contributed by atoms with E-state index < -0.39 is 0 Å². The molecule has 1 amide bonds. The molecule has 2 aromatic carbocycles. The number of Topliss-reactive ketones (excluding diaryl/α,β-unsaturated/α-hetero) is 1. The molecule has 0 unspecified atom stereocenters. The number of ketones is 1. The molecule has 0 N–H and O–H groups in total. The van der Waals surface area contributed by atoms with Crippen molar-refractivity contribution < 1.29 is 9.59 Å². The standard InChI is InChI=1S/C20H14N2O2/c1-13(23)22-18-9-5-3-7-16(18)20(24)19(22)12-15-11-10-14-6-2-4-8-17(14)21-15/h2-12H,1H3/b19-12-. The predicted octanol–water partition coefficient (Wildman–Crippen LogP) is 3.83. The fourth-order valence-electron chi connectivity index (χ4n) is 3.00. The average molecular weight is 314 g/mol. The van der Waals surface area contributed by atoms with Gasteiger partial charge in [0.15, 0.2) is 0 Å². The summed E-state index contributed by atoms with van der Waals surface area (Å²) in [6.07, 6.45) is 1.68. The summed E-state index contributed by atoms with van der Waals surface area (Å²) in [6, 6.07) is 18.7. The summed E-state index contributed by atoms with van der Waals surface area (Å²) < 4.78 is 0. The number of fused-ring (bicyclic) bond motifs is 2. The van der Waals surface area contributed by atoms with E-state index in [0.717, 1.165) is 10.9 Å². The minimum absolute atomic E-state index is 0.157. The second-order valence-corrected chi connectivity index (χ2v) is 5.66. The first-order chi connectivity index (χ1) is 11.6. The summed E-state index contributed by atoms with van der Waals surface area (Å²) >= 11 is 0. The molecule has 0 aliphatic carbocycles. The van der Waals surface area contributed by atoms with Crippen LogP contribution in [0.15, 0.2) is 66.4 Å². The fraction of sp³-hybridized carbons (Fsp3) is 0.0500. The van der Waals surface area contributed by atoms with Crippen molar-refractivity contribution in [3.8, 4) is 0 Å². The van der Waals surface area contributed by atoms with Crippen LogP contribution in [-0.2, 0) is 4.79 Å². The first kappa shape index (κ1) is 14.3. The van der Waals surface area contributed by atoms with Crippen molar-refractivity contribution >= 4 is 34.4 Å². The lowest BCUT2D eigenvalue weighted by atomic mass is 10.1. The molecule has 0 bridgehead atoms. The van der Waals surface area contributed by atoms with Crippen molar-refractivity contribution in [3.05, 3.63) is 77.6 Å². The fourth-order valence-corrected chi connectivity index (χ4v) is 3.00. The van der Waals surface area contributed by atoms with Gasteiger partial charge in [-0.1, -0.05) is 36.4 Å². The molecule has 1 aliphatic heterocycles. The van der Waals surface area contributed by atoms with Gasteiger partial charge in [-0.15, -0.1) is 0 Å². The van der Waals surface area contributed by atoms with E-state index in [2.05, 4.69) is 4.98 Å². The van der Waals surface area contributed by atoms with Crippen LogP contribution in [-0.4, -0.2) is 16.7 Å². The predicted molar refractivity (Wildman–Crippen MR) is 93.7 cm³/mol. The Kier molecular flexibility index (Phi) is 3.24. The van der Waals surface area contributed by atoms with Gasteiger partial charge in [0.1, 0.15) is 0 Å². The van der Waals surface area contributed by atoms with Crippen LogP contribution in [0, 0.1) is 0 Å². The Balaban J connectivity index is 1.86. The number of carbonyl (C=O) groups excluding carboxylic acids is 2. The largest absolute Gasteiger partial charge is 0.287 e. The molecule has 0 radical (unpaired) electrons. The molecule has 3 aromatic rings. The first-order valence-electron chi connectivity index (χ1n) is 7.67. The van der Waals surface area contributed by atoms with E-state index in [1.807, 2.05) is 42.5 Å². The quantitative estimate of drug-likeness (QED) is 0.642. The third kappa shape index (κ3) is 2.20. The summed E-state index contributed by atoms with van der Waals surface area (Å²) in [5.74, 6) is -0.351. The molecule has 1 aliphatic rings. The summed E-state index contributed by atoms with van der Waals surface area (Å²) in [5.41, 5.74) is 3.01. The Morgan fingerprint density at radius 3 is 2.58 bits per heavy atom. The normalized spacial score (nSPS) is 15.1. The first-order valence-corrected chi connectivity index (χ1v) is 7.67. The summed E-state index contributed by atoms with van der Waals surface area (Å²) in [7, 11) is 0. The Bertz CT molecular complexity index is 1020. The number of hydrogen-bond acceptors (Lipinski definition) is 3. The molecular formula is C20H14N2O2. The number of allylic oxidation sites excluding steroid dienone is 1. The number of carbonyl (C=O) groups is 2. The number of nitrogens with zero attached hydrogens (tertiary/aromatic N) is 2. The second kappa shape index (κ2) is 5.42. The lowest BCUT2D eigenvalue weighted by Crippen LogP contribution is -2.25. The van der Waals surface area contributed by atoms with Gasteiger partial charge in [0.25, 0.3) is 0 Å². The summed E-state index contributed by atoms with van der Waals surface area (Å²) in [6.45, 7) is 1.46. The van der Waals surface area contributed by atoms with Crippen LogP contribution in [0.25, 0.3) is 17.0 Å². The van der Waals surface area contributed by atoms with Crippen molar-refractivity contribution in [2.75, 3.05) is 4.90 Å². The molecule has 116 valence electrons. The van der Waals surface area contributed by atoms with Gasteiger partial charge in [-0.05, 0) is 30.3 Å². The van der Waals surface area contributed by atoms with Crippen molar-refractivity contribution in [1.82, 2.24) is 4.98 Å². The van der Waals surface area contributed by atoms with E-state index in [0.29, 0.717) is 22.6 Å². The van der Waals surface area contributed by atoms with Crippen LogP contribution >= 0.6 is 0 Å². The minimum Gasteiger partial charge on any atom is -0.287 e. The molecule has 24 heavy (non-hydrogen) atoms. The third-order valence-electron chi connectivity index (χ3n) is 4.08. The van der Waals surface area contributed by atoms with Crippen LogP contribution in [0.4, 0.5) is 5.69 Å². The number of hydrogen-bond donors (Lipinski definition) is 0.